The zero-order chi connectivity index (χ0) is 12.0. The summed E-state index contributed by atoms with van der Waals surface area (Å²) in [6.45, 7) is 1.58. The van der Waals surface area contributed by atoms with Crippen LogP contribution < -0.4 is 5.32 Å². The Morgan fingerprint density at radius 3 is 2.75 bits per heavy atom. The molecule has 0 aliphatic carbocycles. The monoisotopic (exact) mass is 242 g/mol. The van der Waals surface area contributed by atoms with Crippen molar-refractivity contribution >= 4 is 11.8 Å². The van der Waals surface area contributed by atoms with E-state index < -0.39 is 0 Å². The van der Waals surface area contributed by atoms with Gasteiger partial charge in [0.25, 0.3) is 0 Å². The molecule has 2 nitrogen and oxygen atoms in total. The van der Waals surface area contributed by atoms with E-state index in [1.807, 2.05) is 27.2 Å². The second-order valence-electron chi connectivity index (χ2n) is 3.90. The molecule has 0 aromatic heterocycles. The topological polar surface area (TPSA) is 15.3 Å². The average Bonchev–Trinajstić information content (AvgIpc) is 2.22. The summed E-state index contributed by atoms with van der Waals surface area (Å²) in [5.74, 6) is 0.858. The molecule has 0 atom stereocenters. The number of benzene rings is 1. The van der Waals surface area contributed by atoms with Crippen molar-refractivity contribution in [3.63, 3.8) is 0 Å². The fourth-order valence-corrected chi connectivity index (χ4v) is 2.56. The Hall–Kier alpha value is -0.580. The zero-order valence-corrected chi connectivity index (χ0v) is 10.9. The van der Waals surface area contributed by atoms with Crippen LogP contribution in [-0.4, -0.2) is 38.3 Å². The summed E-state index contributed by atoms with van der Waals surface area (Å²) in [4.78, 5) is 3.17. The maximum atomic E-state index is 13.6. The van der Waals surface area contributed by atoms with Crippen LogP contribution in [0.3, 0.4) is 0 Å². The fraction of sp³-hybridized carbons (Fsp3) is 0.500. The van der Waals surface area contributed by atoms with Crippen LogP contribution in [0.5, 0.6) is 0 Å². The average molecular weight is 242 g/mol. The third-order valence-electron chi connectivity index (χ3n) is 2.23. The minimum absolute atomic E-state index is 0.121. The van der Waals surface area contributed by atoms with Gasteiger partial charge in [0.2, 0.25) is 0 Å². The van der Waals surface area contributed by atoms with Gasteiger partial charge in [-0.25, -0.2) is 4.39 Å². The van der Waals surface area contributed by atoms with Crippen LogP contribution in [0.2, 0.25) is 0 Å². The highest BCUT2D eigenvalue weighted by Gasteiger charge is 2.07. The molecular formula is C12H19FN2S. The maximum Gasteiger partial charge on any atom is 0.128 e. The lowest BCUT2D eigenvalue weighted by molar-refractivity contribution is 0.437. The van der Waals surface area contributed by atoms with Crippen molar-refractivity contribution in [3.05, 3.63) is 29.6 Å². The molecule has 1 aromatic rings. The second kappa shape index (κ2) is 6.89. The molecule has 90 valence electrons. The maximum absolute atomic E-state index is 13.6. The van der Waals surface area contributed by atoms with Crippen LogP contribution in [0.25, 0.3) is 0 Å². The Labute approximate surface area is 101 Å². The van der Waals surface area contributed by atoms with Gasteiger partial charge in [-0.1, -0.05) is 6.07 Å². The predicted molar refractivity (Wildman–Crippen MR) is 68.4 cm³/mol. The standard InChI is InChI=1S/C12H19FN2S/c1-14-9-10-11(13)5-4-6-12(10)16-8-7-15(2)3/h4-6,14H,7-9H2,1-3H3. The summed E-state index contributed by atoms with van der Waals surface area (Å²) < 4.78 is 13.6. The summed E-state index contributed by atoms with van der Waals surface area (Å²) in [6.07, 6.45) is 0. The number of nitrogens with zero attached hydrogens (tertiary/aromatic N) is 1. The first-order chi connectivity index (χ1) is 7.65. The van der Waals surface area contributed by atoms with Gasteiger partial charge in [-0.3, -0.25) is 0 Å². The Bertz CT molecular complexity index is 329. The van der Waals surface area contributed by atoms with Crippen LogP contribution in [0.4, 0.5) is 4.39 Å². The van der Waals surface area contributed by atoms with Crippen LogP contribution in [0.15, 0.2) is 23.1 Å². The molecule has 0 spiro atoms. The summed E-state index contributed by atoms with van der Waals surface area (Å²) in [7, 11) is 5.92. The quantitative estimate of drug-likeness (QED) is 0.770. The van der Waals surface area contributed by atoms with Crippen molar-refractivity contribution in [2.24, 2.45) is 0 Å². The minimum atomic E-state index is -0.121. The molecule has 1 N–H and O–H groups in total. The zero-order valence-electron chi connectivity index (χ0n) is 10.1. The van der Waals surface area contributed by atoms with Gasteiger partial charge >= 0.3 is 0 Å². The molecule has 0 aliphatic heterocycles. The Morgan fingerprint density at radius 1 is 1.38 bits per heavy atom. The highest BCUT2D eigenvalue weighted by atomic mass is 32.2. The van der Waals surface area contributed by atoms with E-state index in [0.29, 0.717) is 6.54 Å². The molecule has 0 amide bonds. The number of rotatable bonds is 6. The van der Waals surface area contributed by atoms with Crippen LogP contribution in [-0.2, 0) is 6.54 Å². The van der Waals surface area contributed by atoms with E-state index in [9.17, 15) is 4.39 Å². The van der Waals surface area contributed by atoms with Crippen LogP contribution in [0, 0.1) is 5.82 Å². The van der Waals surface area contributed by atoms with Gasteiger partial charge in [-0.05, 0) is 33.3 Å². The molecule has 0 unspecified atom stereocenters. The van der Waals surface area contributed by atoms with Gasteiger partial charge in [0.05, 0.1) is 0 Å². The number of nitrogens with one attached hydrogen (secondary N) is 1. The van der Waals surface area contributed by atoms with E-state index in [-0.39, 0.29) is 5.82 Å². The molecule has 0 saturated carbocycles. The Balaban J connectivity index is 2.66. The van der Waals surface area contributed by atoms with E-state index in [1.165, 1.54) is 6.07 Å². The van der Waals surface area contributed by atoms with E-state index >= 15 is 0 Å². The van der Waals surface area contributed by atoms with Crippen molar-refractivity contribution in [1.82, 2.24) is 10.2 Å². The molecule has 1 aromatic carbocycles. The normalized spacial score (nSPS) is 11.1. The van der Waals surface area contributed by atoms with E-state index in [0.717, 1.165) is 22.8 Å². The van der Waals surface area contributed by atoms with Crippen molar-refractivity contribution in [3.8, 4) is 0 Å². The molecule has 0 saturated heterocycles. The van der Waals surface area contributed by atoms with Gasteiger partial charge in [-0.15, -0.1) is 11.8 Å². The predicted octanol–water partition coefficient (Wildman–Crippen LogP) is 2.20. The lowest BCUT2D eigenvalue weighted by atomic mass is 10.2. The molecule has 0 fully saturated rings. The van der Waals surface area contributed by atoms with E-state index in [4.69, 9.17) is 0 Å². The number of thioether (sulfide) groups is 1. The SMILES string of the molecule is CNCc1c(F)cccc1SCCN(C)C. The first-order valence-electron chi connectivity index (χ1n) is 5.34. The van der Waals surface area contributed by atoms with Crippen molar-refractivity contribution in [2.45, 2.75) is 11.4 Å². The highest BCUT2D eigenvalue weighted by Crippen LogP contribution is 2.24. The van der Waals surface area contributed by atoms with E-state index in [2.05, 4.69) is 10.2 Å². The summed E-state index contributed by atoms with van der Waals surface area (Å²) in [5.41, 5.74) is 0.772. The van der Waals surface area contributed by atoms with E-state index in [1.54, 1.807) is 17.8 Å². The smallest absolute Gasteiger partial charge is 0.128 e. The number of hydrogen-bond acceptors (Lipinski definition) is 3. The lowest BCUT2D eigenvalue weighted by Crippen LogP contribution is -2.15. The molecule has 4 heteroatoms. The first-order valence-corrected chi connectivity index (χ1v) is 6.33. The third-order valence-corrected chi connectivity index (χ3v) is 3.31. The fourth-order valence-electron chi connectivity index (χ4n) is 1.36. The molecule has 0 bridgehead atoms. The molecule has 0 aliphatic rings. The van der Waals surface area contributed by atoms with Crippen molar-refractivity contribution in [1.29, 1.82) is 0 Å². The van der Waals surface area contributed by atoms with Crippen molar-refractivity contribution < 1.29 is 4.39 Å². The van der Waals surface area contributed by atoms with Gasteiger partial charge in [0, 0.05) is 29.3 Å². The molecule has 16 heavy (non-hydrogen) atoms. The molecule has 1 rings (SSSR count). The molecule has 0 heterocycles. The second-order valence-corrected chi connectivity index (χ2v) is 5.04. The highest BCUT2D eigenvalue weighted by molar-refractivity contribution is 7.99. The molecule has 0 radical (unpaired) electrons. The number of halogens is 1. The summed E-state index contributed by atoms with van der Waals surface area (Å²) in [5, 5.41) is 3.00. The van der Waals surface area contributed by atoms with Crippen LogP contribution >= 0.6 is 11.8 Å². The first kappa shape index (κ1) is 13.5. The van der Waals surface area contributed by atoms with Gasteiger partial charge < -0.3 is 10.2 Å². The number of hydrogen-bond donors (Lipinski definition) is 1. The van der Waals surface area contributed by atoms with Gasteiger partial charge in [0.1, 0.15) is 5.82 Å². The summed E-state index contributed by atoms with van der Waals surface area (Å²) in [6, 6.07) is 5.27. The summed E-state index contributed by atoms with van der Waals surface area (Å²) >= 11 is 1.71. The Morgan fingerprint density at radius 2 is 2.12 bits per heavy atom. The lowest BCUT2D eigenvalue weighted by Gasteiger charge is -2.12. The van der Waals surface area contributed by atoms with Gasteiger partial charge in [0.15, 0.2) is 0 Å². The minimum Gasteiger partial charge on any atom is -0.316 e. The third kappa shape index (κ3) is 4.12. The largest absolute Gasteiger partial charge is 0.316 e. The van der Waals surface area contributed by atoms with Crippen molar-refractivity contribution in [2.75, 3.05) is 33.4 Å². The molecular weight excluding hydrogens is 223 g/mol. The van der Waals surface area contributed by atoms with Crippen LogP contribution in [0.1, 0.15) is 5.56 Å². The van der Waals surface area contributed by atoms with Gasteiger partial charge in [-0.2, -0.15) is 0 Å². The Kier molecular flexibility index (Phi) is 5.80.